The Labute approximate surface area is 159 Å². The molecule has 0 bridgehead atoms. The Bertz CT molecular complexity index is 853. The van der Waals surface area contributed by atoms with Crippen LogP contribution in [0.5, 0.6) is 0 Å². The molecule has 0 radical (unpaired) electrons. The van der Waals surface area contributed by atoms with Crippen molar-refractivity contribution >= 4 is 28.4 Å². The molecule has 0 aliphatic carbocycles. The van der Waals surface area contributed by atoms with Gasteiger partial charge in [0.2, 0.25) is 11.8 Å². The summed E-state index contributed by atoms with van der Waals surface area (Å²) in [5, 5.41) is 4.10. The lowest BCUT2D eigenvalue weighted by Crippen LogP contribution is -2.54. The summed E-state index contributed by atoms with van der Waals surface area (Å²) in [6, 6.07) is 7.29. The monoisotopic (exact) mass is 369 g/mol. The molecule has 1 aliphatic rings. The Morgan fingerprint density at radius 2 is 2.11 bits per heavy atom. The second-order valence-electron chi connectivity index (χ2n) is 7.53. The molecule has 2 aromatic rings. The molecule has 144 valence electrons. The number of amides is 2. The number of primary amides is 1. The average molecular weight is 369 g/mol. The standard InChI is InChI=1S/C20H27N5O2/c1-12-8-14(24-20(27)16(21)9-18(22)26)11-25(10-12)17-6-5-13(2)19-15(17)4-3-7-23-19/h3-7,12,14,16H,8-11,21H2,1-2H3,(H2,22,26)(H,24,27)/t12-,14+,16-/m0/s1. The van der Waals surface area contributed by atoms with Crippen LogP contribution in [0.15, 0.2) is 30.5 Å². The number of aryl methyl sites for hydroxylation is 1. The first-order chi connectivity index (χ1) is 12.8. The van der Waals surface area contributed by atoms with Gasteiger partial charge in [-0.05, 0) is 43.0 Å². The third-order valence-electron chi connectivity index (χ3n) is 5.05. The highest BCUT2D eigenvalue weighted by atomic mass is 16.2. The third kappa shape index (κ3) is 4.36. The van der Waals surface area contributed by atoms with E-state index in [-0.39, 0.29) is 18.4 Å². The van der Waals surface area contributed by atoms with E-state index in [0.717, 1.165) is 35.1 Å². The van der Waals surface area contributed by atoms with Gasteiger partial charge in [-0.3, -0.25) is 14.6 Å². The van der Waals surface area contributed by atoms with E-state index in [9.17, 15) is 9.59 Å². The Hall–Kier alpha value is -2.67. The molecule has 2 amide bonds. The zero-order valence-electron chi connectivity index (χ0n) is 15.8. The average Bonchev–Trinajstić information content (AvgIpc) is 2.61. The molecule has 7 nitrogen and oxygen atoms in total. The number of aromatic nitrogens is 1. The summed E-state index contributed by atoms with van der Waals surface area (Å²) in [4.78, 5) is 30.1. The number of piperidine rings is 1. The van der Waals surface area contributed by atoms with E-state index in [4.69, 9.17) is 11.5 Å². The van der Waals surface area contributed by atoms with Gasteiger partial charge in [-0.1, -0.05) is 13.0 Å². The van der Waals surface area contributed by atoms with E-state index in [1.165, 1.54) is 0 Å². The van der Waals surface area contributed by atoms with Crippen LogP contribution in [0.25, 0.3) is 10.9 Å². The zero-order valence-corrected chi connectivity index (χ0v) is 15.8. The molecule has 3 rings (SSSR count). The first-order valence-electron chi connectivity index (χ1n) is 9.28. The van der Waals surface area contributed by atoms with E-state index >= 15 is 0 Å². The molecular weight excluding hydrogens is 342 g/mol. The van der Waals surface area contributed by atoms with Crippen molar-refractivity contribution < 1.29 is 9.59 Å². The van der Waals surface area contributed by atoms with Gasteiger partial charge in [0.1, 0.15) is 0 Å². The highest BCUT2D eigenvalue weighted by molar-refractivity contribution is 5.94. The lowest BCUT2D eigenvalue weighted by Gasteiger charge is -2.39. The van der Waals surface area contributed by atoms with Gasteiger partial charge in [0.15, 0.2) is 0 Å². The van der Waals surface area contributed by atoms with Crippen LogP contribution in [0, 0.1) is 12.8 Å². The summed E-state index contributed by atoms with van der Waals surface area (Å²) >= 11 is 0. The van der Waals surface area contributed by atoms with Crippen molar-refractivity contribution in [3.05, 3.63) is 36.0 Å². The van der Waals surface area contributed by atoms with E-state index < -0.39 is 11.9 Å². The zero-order chi connectivity index (χ0) is 19.6. The van der Waals surface area contributed by atoms with Crippen LogP contribution in [-0.4, -0.2) is 42.0 Å². The van der Waals surface area contributed by atoms with Gasteiger partial charge in [0, 0.05) is 36.4 Å². The van der Waals surface area contributed by atoms with Gasteiger partial charge in [-0.2, -0.15) is 0 Å². The maximum atomic E-state index is 12.3. The number of nitrogens with one attached hydrogen (secondary N) is 1. The summed E-state index contributed by atoms with van der Waals surface area (Å²) in [6.45, 7) is 5.82. The maximum absolute atomic E-state index is 12.3. The molecule has 7 heteroatoms. The van der Waals surface area contributed by atoms with Gasteiger partial charge in [0.05, 0.1) is 18.0 Å². The van der Waals surface area contributed by atoms with Crippen molar-refractivity contribution in [1.82, 2.24) is 10.3 Å². The lowest BCUT2D eigenvalue weighted by molar-refractivity contribution is -0.126. The smallest absolute Gasteiger partial charge is 0.237 e. The lowest BCUT2D eigenvalue weighted by atomic mass is 9.94. The van der Waals surface area contributed by atoms with Crippen molar-refractivity contribution in [3.8, 4) is 0 Å². The first kappa shape index (κ1) is 19.1. The van der Waals surface area contributed by atoms with Crippen LogP contribution in [-0.2, 0) is 9.59 Å². The van der Waals surface area contributed by atoms with Crippen LogP contribution in [0.1, 0.15) is 25.3 Å². The number of rotatable bonds is 5. The molecule has 1 fully saturated rings. The van der Waals surface area contributed by atoms with E-state index in [0.29, 0.717) is 12.5 Å². The molecule has 2 heterocycles. The number of pyridine rings is 1. The number of anilines is 1. The minimum Gasteiger partial charge on any atom is -0.370 e. The normalized spacial score (nSPS) is 21.1. The minimum atomic E-state index is -0.905. The molecule has 27 heavy (non-hydrogen) atoms. The Morgan fingerprint density at radius 3 is 2.85 bits per heavy atom. The summed E-state index contributed by atoms with van der Waals surface area (Å²) in [5.41, 5.74) is 14.2. The summed E-state index contributed by atoms with van der Waals surface area (Å²) < 4.78 is 0. The summed E-state index contributed by atoms with van der Waals surface area (Å²) in [5.74, 6) is -0.498. The van der Waals surface area contributed by atoms with Gasteiger partial charge in [0.25, 0.3) is 0 Å². The summed E-state index contributed by atoms with van der Waals surface area (Å²) in [6.07, 6.45) is 2.53. The highest BCUT2D eigenvalue weighted by Crippen LogP contribution is 2.31. The Kier molecular flexibility index (Phi) is 5.60. The largest absolute Gasteiger partial charge is 0.370 e. The predicted molar refractivity (Wildman–Crippen MR) is 106 cm³/mol. The molecule has 0 saturated carbocycles. The SMILES string of the molecule is Cc1ccc(N2C[C@@H](C)C[C@@H](NC(=O)[C@@H](N)CC(N)=O)C2)c2cccnc12. The molecule has 3 atom stereocenters. The van der Waals surface area contributed by atoms with E-state index in [1.807, 2.05) is 6.07 Å². The second-order valence-corrected chi connectivity index (χ2v) is 7.53. The van der Waals surface area contributed by atoms with Crippen LogP contribution >= 0.6 is 0 Å². The fourth-order valence-electron chi connectivity index (χ4n) is 3.85. The number of carbonyl (C=O) groups is 2. The van der Waals surface area contributed by atoms with Crippen molar-refractivity contribution in [2.75, 3.05) is 18.0 Å². The Morgan fingerprint density at radius 1 is 1.33 bits per heavy atom. The number of benzene rings is 1. The van der Waals surface area contributed by atoms with Crippen LogP contribution in [0.4, 0.5) is 5.69 Å². The predicted octanol–water partition coefficient (Wildman–Crippen LogP) is 1.08. The van der Waals surface area contributed by atoms with Crippen molar-refractivity contribution in [2.45, 2.75) is 38.8 Å². The molecule has 0 spiro atoms. The molecular formula is C20H27N5O2. The van der Waals surface area contributed by atoms with Crippen molar-refractivity contribution in [1.29, 1.82) is 0 Å². The van der Waals surface area contributed by atoms with Gasteiger partial charge in [-0.15, -0.1) is 0 Å². The number of fused-ring (bicyclic) bond motifs is 1. The topological polar surface area (TPSA) is 114 Å². The number of hydrogen-bond donors (Lipinski definition) is 3. The molecule has 5 N–H and O–H groups in total. The van der Waals surface area contributed by atoms with E-state index in [1.54, 1.807) is 6.20 Å². The van der Waals surface area contributed by atoms with Crippen LogP contribution in [0.3, 0.4) is 0 Å². The van der Waals surface area contributed by atoms with Gasteiger partial charge < -0.3 is 21.7 Å². The highest BCUT2D eigenvalue weighted by Gasteiger charge is 2.28. The fourth-order valence-corrected chi connectivity index (χ4v) is 3.85. The molecule has 1 aromatic heterocycles. The van der Waals surface area contributed by atoms with Gasteiger partial charge >= 0.3 is 0 Å². The van der Waals surface area contributed by atoms with Crippen molar-refractivity contribution in [3.63, 3.8) is 0 Å². The minimum absolute atomic E-state index is 0.0341. The van der Waals surface area contributed by atoms with Gasteiger partial charge in [-0.25, -0.2) is 0 Å². The first-order valence-corrected chi connectivity index (χ1v) is 9.28. The maximum Gasteiger partial charge on any atom is 0.237 e. The van der Waals surface area contributed by atoms with E-state index in [2.05, 4.69) is 47.2 Å². The molecule has 1 saturated heterocycles. The van der Waals surface area contributed by atoms with Crippen LogP contribution in [0.2, 0.25) is 0 Å². The van der Waals surface area contributed by atoms with Crippen LogP contribution < -0.4 is 21.7 Å². The summed E-state index contributed by atoms with van der Waals surface area (Å²) in [7, 11) is 0. The number of nitrogens with two attached hydrogens (primary N) is 2. The third-order valence-corrected chi connectivity index (χ3v) is 5.05. The van der Waals surface area contributed by atoms with Crippen molar-refractivity contribution in [2.24, 2.45) is 17.4 Å². The molecule has 1 aromatic carbocycles. The number of carbonyl (C=O) groups excluding carboxylic acids is 2. The number of nitrogens with zero attached hydrogens (tertiary/aromatic N) is 2. The molecule has 0 unspecified atom stereocenters. The second kappa shape index (κ2) is 7.92. The quantitative estimate of drug-likeness (QED) is 0.729. The number of hydrogen-bond acceptors (Lipinski definition) is 5. The fraction of sp³-hybridized carbons (Fsp3) is 0.450. The molecule has 1 aliphatic heterocycles. The Balaban J connectivity index is 1.79.